The smallest absolute Gasteiger partial charge is 0.343 e. The van der Waals surface area contributed by atoms with E-state index >= 15 is 0 Å². The number of phenolic OH excluding ortho intramolecular Hbond substituents is 1. The van der Waals surface area contributed by atoms with Gasteiger partial charge in [0.15, 0.2) is 0 Å². The van der Waals surface area contributed by atoms with E-state index in [1.54, 1.807) is 42.5 Å². The number of halogens is 1. The van der Waals surface area contributed by atoms with Crippen molar-refractivity contribution in [2.75, 3.05) is 0 Å². The monoisotopic (exact) mass is 438 g/mol. The van der Waals surface area contributed by atoms with Crippen LogP contribution in [0.1, 0.15) is 26.3 Å². The van der Waals surface area contributed by atoms with Crippen LogP contribution in [0.2, 0.25) is 0 Å². The van der Waals surface area contributed by atoms with E-state index in [0.29, 0.717) is 22.4 Å². The maximum absolute atomic E-state index is 12.3. The summed E-state index contributed by atoms with van der Waals surface area (Å²) in [7, 11) is 0. The molecule has 140 valence electrons. The van der Waals surface area contributed by atoms with E-state index in [1.807, 2.05) is 6.07 Å². The molecule has 0 heterocycles. The third kappa shape index (κ3) is 5.05. The fourth-order valence-electron chi connectivity index (χ4n) is 2.28. The molecule has 0 saturated heterocycles. The molecule has 6 nitrogen and oxygen atoms in total. The largest absolute Gasteiger partial charge is 0.508 e. The van der Waals surface area contributed by atoms with E-state index in [2.05, 4.69) is 26.5 Å². The highest BCUT2D eigenvalue weighted by atomic mass is 79.9. The third-order valence-corrected chi connectivity index (χ3v) is 4.18. The van der Waals surface area contributed by atoms with Crippen molar-refractivity contribution < 1.29 is 19.4 Å². The van der Waals surface area contributed by atoms with Gasteiger partial charge in [-0.2, -0.15) is 5.10 Å². The molecule has 0 saturated carbocycles. The van der Waals surface area contributed by atoms with Gasteiger partial charge in [-0.15, -0.1) is 0 Å². The van der Waals surface area contributed by atoms with E-state index < -0.39 is 11.9 Å². The number of hydrogen-bond acceptors (Lipinski definition) is 5. The summed E-state index contributed by atoms with van der Waals surface area (Å²) in [6.07, 6.45) is 1.39. The molecule has 0 aromatic heterocycles. The average Bonchev–Trinajstić information content (AvgIpc) is 2.71. The van der Waals surface area contributed by atoms with Crippen molar-refractivity contribution >= 4 is 34.0 Å². The van der Waals surface area contributed by atoms with Gasteiger partial charge in [-0.3, -0.25) is 4.79 Å². The highest BCUT2D eigenvalue weighted by Crippen LogP contribution is 2.23. The number of ether oxygens (including phenoxy) is 1. The van der Waals surface area contributed by atoms with Crippen molar-refractivity contribution in [3.05, 3.63) is 94.0 Å². The van der Waals surface area contributed by atoms with Gasteiger partial charge in [0.05, 0.1) is 11.8 Å². The molecular weight excluding hydrogens is 424 g/mol. The Morgan fingerprint density at radius 2 is 1.68 bits per heavy atom. The van der Waals surface area contributed by atoms with E-state index in [1.165, 1.54) is 30.5 Å². The van der Waals surface area contributed by atoms with Crippen LogP contribution in [0.25, 0.3) is 0 Å². The molecule has 0 atom stereocenters. The average molecular weight is 439 g/mol. The lowest BCUT2D eigenvalue weighted by molar-refractivity contribution is 0.0734. The number of hydrazone groups is 1. The lowest BCUT2D eigenvalue weighted by Gasteiger charge is -2.08. The van der Waals surface area contributed by atoms with Gasteiger partial charge in [-0.05, 0) is 54.6 Å². The maximum Gasteiger partial charge on any atom is 0.343 e. The predicted octanol–water partition coefficient (Wildman–Crippen LogP) is 4.14. The van der Waals surface area contributed by atoms with Crippen LogP contribution in [0.3, 0.4) is 0 Å². The molecule has 28 heavy (non-hydrogen) atoms. The van der Waals surface area contributed by atoms with Gasteiger partial charge >= 0.3 is 5.97 Å². The number of benzene rings is 3. The van der Waals surface area contributed by atoms with Crippen LogP contribution in [0.5, 0.6) is 11.5 Å². The van der Waals surface area contributed by atoms with E-state index in [4.69, 9.17) is 4.74 Å². The van der Waals surface area contributed by atoms with Crippen LogP contribution in [-0.2, 0) is 0 Å². The maximum atomic E-state index is 12.3. The van der Waals surface area contributed by atoms with Gasteiger partial charge in [0.1, 0.15) is 11.5 Å². The number of phenols is 1. The zero-order chi connectivity index (χ0) is 19.9. The first kappa shape index (κ1) is 19.3. The number of nitrogens with zero attached hydrogens (tertiary/aromatic N) is 1. The van der Waals surface area contributed by atoms with Crippen molar-refractivity contribution in [1.29, 1.82) is 0 Å². The summed E-state index contributed by atoms with van der Waals surface area (Å²) in [6, 6.07) is 19.5. The number of esters is 1. The summed E-state index contributed by atoms with van der Waals surface area (Å²) < 4.78 is 6.21. The summed E-state index contributed by atoms with van der Waals surface area (Å²) in [5.41, 5.74) is 3.67. The van der Waals surface area contributed by atoms with Crippen LogP contribution in [0.4, 0.5) is 0 Å². The molecule has 0 fully saturated rings. The molecule has 1 amide bonds. The van der Waals surface area contributed by atoms with E-state index in [-0.39, 0.29) is 5.75 Å². The van der Waals surface area contributed by atoms with Crippen molar-refractivity contribution in [1.82, 2.24) is 5.43 Å². The second-order valence-corrected chi connectivity index (χ2v) is 6.60. The van der Waals surface area contributed by atoms with Crippen LogP contribution in [0, 0.1) is 0 Å². The third-order valence-electron chi connectivity index (χ3n) is 3.68. The SMILES string of the molecule is O=C(N/N=C/c1cc(Br)ccc1OC(=O)c1ccccc1)c1ccc(O)cc1. The first-order valence-corrected chi connectivity index (χ1v) is 9.01. The Labute approximate surface area is 169 Å². The number of carbonyl (C=O) groups is 2. The molecule has 0 aliphatic rings. The molecule has 7 heteroatoms. The van der Waals surface area contributed by atoms with Crippen molar-refractivity contribution in [2.24, 2.45) is 5.10 Å². The minimum Gasteiger partial charge on any atom is -0.508 e. The van der Waals surface area contributed by atoms with Crippen LogP contribution in [0.15, 0.2) is 82.4 Å². The molecule has 0 aliphatic heterocycles. The summed E-state index contributed by atoms with van der Waals surface area (Å²) in [4.78, 5) is 24.3. The highest BCUT2D eigenvalue weighted by Gasteiger charge is 2.11. The van der Waals surface area contributed by atoms with Crippen molar-refractivity contribution in [3.8, 4) is 11.5 Å². The van der Waals surface area contributed by atoms with E-state index in [0.717, 1.165) is 4.47 Å². The second-order valence-electron chi connectivity index (χ2n) is 5.68. The first-order valence-electron chi connectivity index (χ1n) is 8.22. The molecule has 0 bridgehead atoms. The van der Waals surface area contributed by atoms with Crippen LogP contribution < -0.4 is 10.2 Å². The number of rotatable bonds is 5. The number of carbonyl (C=O) groups excluding carboxylic acids is 2. The molecule has 0 aliphatic carbocycles. The van der Waals surface area contributed by atoms with Crippen LogP contribution in [-0.4, -0.2) is 23.2 Å². The Morgan fingerprint density at radius 3 is 2.39 bits per heavy atom. The molecule has 3 aromatic rings. The highest BCUT2D eigenvalue weighted by molar-refractivity contribution is 9.10. The lowest BCUT2D eigenvalue weighted by Crippen LogP contribution is -2.17. The van der Waals surface area contributed by atoms with Gasteiger partial charge in [-0.1, -0.05) is 34.1 Å². The molecule has 0 unspecified atom stereocenters. The van der Waals surface area contributed by atoms with Crippen molar-refractivity contribution in [3.63, 3.8) is 0 Å². The van der Waals surface area contributed by atoms with E-state index in [9.17, 15) is 14.7 Å². The number of aromatic hydroxyl groups is 1. The van der Waals surface area contributed by atoms with Gasteiger partial charge in [0.2, 0.25) is 0 Å². The lowest BCUT2D eigenvalue weighted by atomic mass is 10.2. The zero-order valence-corrected chi connectivity index (χ0v) is 16.1. The number of amides is 1. The summed E-state index contributed by atoms with van der Waals surface area (Å²) in [6.45, 7) is 0. The molecule has 3 aromatic carbocycles. The molecule has 0 radical (unpaired) electrons. The Hall–Kier alpha value is -3.45. The number of hydrogen-bond donors (Lipinski definition) is 2. The quantitative estimate of drug-likeness (QED) is 0.271. The van der Waals surface area contributed by atoms with Gasteiger partial charge in [0.25, 0.3) is 5.91 Å². The minimum atomic E-state index is -0.495. The summed E-state index contributed by atoms with van der Waals surface area (Å²) in [5, 5.41) is 13.2. The molecule has 0 spiro atoms. The fourth-order valence-corrected chi connectivity index (χ4v) is 2.66. The second kappa shape index (κ2) is 8.96. The van der Waals surface area contributed by atoms with Gasteiger partial charge in [-0.25, -0.2) is 10.2 Å². The van der Waals surface area contributed by atoms with Crippen molar-refractivity contribution in [2.45, 2.75) is 0 Å². The summed E-state index contributed by atoms with van der Waals surface area (Å²) in [5.74, 6) is -0.557. The Bertz CT molecular complexity index is 1020. The standard InChI is InChI=1S/C21H15BrN2O4/c22-17-8-11-19(28-21(27)15-4-2-1-3-5-15)16(12-17)13-23-24-20(26)14-6-9-18(25)10-7-14/h1-13,25H,(H,24,26)/b23-13+. The molecule has 2 N–H and O–H groups in total. The molecular formula is C21H15BrN2O4. The van der Waals surface area contributed by atoms with Crippen LogP contribution >= 0.6 is 15.9 Å². The topological polar surface area (TPSA) is 88.0 Å². The minimum absolute atomic E-state index is 0.0686. The fraction of sp³-hybridized carbons (Fsp3) is 0. The Morgan fingerprint density at radius 1 is 0.964 bits per heavy atom. The Kier molecular flexibility index (Phi) is 6.18. The first-order chi connectivity index (χ1) is 13.5. The number of nitrogens with one attached hydrogen (secondary N) is 1. The normalized spacial score (nSPS) is 10.6. The predicted molar refractivity (Wildman–Crippen MR) is 109 cm³/mol. The zero-order valence-electron chi connectivity index (χ0n) is 14.5. The van der Waals surface area contributed by atoms with Gasteiger partial charge < -0.3 is 9.84 Å². The molecule has 3 rings (SSSR count). The summed E-state index contributed by atoms with van der Waals surface area (Å²) >= 11 is 3.36. The Balaban J connectivity index is 1.73. The van der Waals surface area contributed by atoms with Gasteiger partial charge in [0, 0.05) is 15.6 Å².